The number of carbonyl (C=O) groups excluding carboxylic acids is 3. The number of carbonyl (C=O) groups is 3. The summed E-state index contributed by atoms with van der Waals surface area (Å²) >= 11 is 6.05. The number of piperazine rings is 1. The van der Waals surface area contributed by atoms with Crippen LogP contribution >= 0.6 is 11.6 Å². The summed E-state index contributed by atoms with van der Waals surface area (Å²) < 4.78 is 33.2. The monoisotopic (exact) mass is 588 g/mol. The van der Waals surface area contributed by atoms with Crippen LogP contribution in [0.3, 0.4) is 0 Å². The van der Waals surface area contributed by atoms with E-state index >= 15 is 0 Å². The zero-order chi connectivity index (χ0) is 29.4. The molecule has 41 heavy (non-hydrogen) atoms. The van der Waals surface area contributed by atoms with Crippen LogP contribution in [0.25, 0.3) is 10.8 Å². The normalized spacial score (nSPS) is 15.1. The molecule has 1 aliphatic heterocycles. The number of hydrogen-bond acceptors (Lipinski definition) is 7. The molecule has 1 fully saturated rings. The lowest BCUT2D eigenvalue weighted by atomic mass is 9.99. The molecule has 4 rings (SSSR count). The molecule has 3 aromatic rings. The average Bonchev–Trinajstić information content (AvgIpc) is 2.98. The molecule has 0 spiro atoms. The number of halogens is 3. The fraction of sp³-hybridized carbons (Fsp3) is 0.357. The second-order valence-electron chi connectivity index (χ2n) is 9.62. The van der Waals surface area contributed by atoms with Gasteiger partial charge in [-0.1, -0.05) is 23.7 Å². The third-order valence-electron chi connectivity index (χ3n) is 7.11. The standard InChI is InChI=1S/C28H31ClF2N6O4/c1-36(26(39)34-17-20-4-2-5-23(31)25(20)29)28(8-3-13-38,37-11-9-32-10-12-37)18-41-27(40)35-24-15-21-14-22(30)7-6-19(21)16-33-24/h2,4-7,13-16,32H,3,8-12,17-18H2,1H3,(H,34,39)(H,33,35,40)/t28-/m1/s1. The molecule has 0 aliphatic carbocycles. The Hall–Kier alpha value is -3.87. The largest absolute Gasteiger partial charge is 0.445 e. The summed E-state index contributed by atoms with van der Waals surface area (Å²) in [6.45, 7) is 1.99. The van der Waals surface area contributed by atoms with Crippen LogP contribution in [-0.2, 0) is 16.1 Å². The number of benzene rings is 2. The highest BCUT2D eigenvalue weighted by atomic mass is 35.5. The molecular weight excluding hydrogens is 558 g/mol. The maximum Gasteiger partial charge on any atom is 0.412 e. The first-order chi connectivity index (χ1) is 19.7. The van der Waals surface area contributed by atoms with Crippen molar-refractivity contribution in [2.75, 3.05) is 45.2 Å². The number of anilines is 1. The summed E-state index contributed by atoms with van der Waals surface area (Å²) in [4.78, 5) is 45.3. The van der Waals surface area contributed by atoms with E-state index in [1.54, 1.807) is 19.2 Å². The Bertz CT molecular complexity index is 1410. The van der Waals surface area contributed by atoms with Gasteiger partial charge in [0.2, 0.25) is 0 Å². The quantitative estimate of drug-likeness (QED) is 0.305. The number of amides is 3. The van der Waals surface area contributed by atoms with Gasteiger partial charge in [-0.15, -0.1) is 0 Å². The van der Waals surface area contributed by atoms with Gasteiger partial charge in [0.15, 0.2) is 0 Å². The lowest BCUT2D eigenvalue weighted by molar-refractivity contribution is -0.111. The van der Waals surface area contributed by atoms with E-state index in [1.165, 1.54) is 41.4 Å². The molecule has 0 unspecified atom stereocenters. The van der Waals surface area contributed by atoms with Gasteiger partial charge in [-0.2, -0.15) is 0 Å². The number of aromatic nitrogens is 1. The van der Waals surface area contributed by atoms with Crippen molar-refractivity contribution in [1.29, 1.82) is 0 Å². The fourth-order valence-corrected chi connectivity index (χ4v) is 5.03. The number of nitrogens with one attached hydrogen (secondary N) is 3. The molecule has 218 valence electrons. The van der Waals surface area contributed by atoms with Crippen molar-refractivity contribution in [3.63, 3.8) is 0 Å². The highest BCUT2D eigenvalue weighted by Gasteiger charge is 2.44. The van der Waals surface area contributed by atoms with Gasteiger partial charge in [0, 0.05) is 57.8 Å². The summed E-state index contributed by atoms with van der Waals surface area (Å²) in [6.07, 6.45) is 1.69. The van der Waals surface area contributed by atoms with Gasteiger partial charge in [-0.25, -0.2) is 23.4 Å². The van der Waals surface area contributed by atoms with Crippen molar-refractivity contribution < 1.29 is 27.9 Å². The van der Waals surface area contributed by atoms with Gasteiger partial charge < -0.3 is 25.1 Å². The minimum absolute atomic E-state index is 0.0410. The molecule has 0 radical (unpaired) electrons. The highest BCUT2D eigenvalue weighted by Crippen LogP contribution is 2.28. The van der Waals surface area contributed by atoms with E-state index in [9.17, 15) is 23.2 Å². The molecule has 2 heterocycles. The number of rotatable bonds is 10. The van der Waals surface area contributed by atoms with Gasteiger partial charge in [-0.05, 0) is 47.7 Å². The van der Waals surface area contributed by atoms with Crippen molar-refractivity contribution in [3.05, 3.63) is 70.9 Å². The van der Waals surface area contributed by atoms with E-state index in [0.29, 0.717) is 42.5 Å². The van der Waals surface area contributed by atoms with Crippen LogP contribution in [0.5, 0.6) is 0 Å². The Balaban J connectivity index is 1.52. The van der Waals surface area contributed by atoms with Crippen molar-refractivity contribution in [2.45, 2.75) is 25.0 Å². The topological polar surface area (TPSA) is 116 Å². The Morgan fingerprint density at radius 1 is 1.20 bits per heavy atom. The molecule has 1 atom stereocenters. The summed E-state index contributed by atoms with van der Waals surface area (Å²) in [5, 5.41) is 9.70. The maximum absolute atomic E-state index is 13.9. The lowest BCUT2D eigenvalue weighted by Gasteiger charge is -2.50. The number of nitrogens with zero attached hydrogens (tertiary/aromatic N) is 3. The molecule has 3 amide bonds. The number of fused-ring (bicyclic) bond motifs is 1. The van der Waals surface area contributed by atoms with Gasteiger partial charge in [0.25, 0.3) is 0 Å². The first kappa shape index (κ1) is 30.1. The first-order valence-electron chi connectivity index (χ1n) is 13.1. The van der Waals surface area contributed by atoms with E-state index in [1.807, 2.05) is 4.90 Å². The van der Waals surface area contributed by atoms with Crippen LogP contribution < -0.4 is 16.0 Å². The minimum Gasteiger partial charge on any atom is -0.445 e. The van der Waals surface area contributed by atoms with Gasteiger partial charge in [0.1, 0.15) is 36.0 Å². The number of pyridine rings is 1. The Morgan fingerprint density at radius 2 is 1.98 bits per heavy atom. The summed E-state index contributed by atoms with van der Waals surface area (Å²) in [5.74, 6) is -0.862. The van der Waals surface area contributed by atoms with Crippen molar-refractivity contribution in [3.8, 4) is 0 Å². The lowest BCUT2D eigenvalue weighted by Crippen LogP contribution is -2.68. The molecular formula is C28H31ClF2N6O4. The van der Waals surface area contributed by atoms with Crippen LogP contribution in [0.4, 0.5) is 24.2 Å². The van der Waals surface area contributed by atoms with E-state index in [0.717, 1.165) is 6.29 Å². The van der Waals surface area contributed by atoms with E-state index in [-0.39, 0.29) is 36.8 Å². The van der Waals surface area contributed by atoms with Crippen LogP contribution in [-0.4, -0.2) is 78.7 Å². The van der Waals surface area contributed by atoms with E-state index in [2.05, 4.69) is 20.9 Å². The van der Waals surface area contributed by atoms with Gasteiger partial charge >= 0.3 is 12.1 Å². The van der Waals surface area contributed by atoms with Crippen molar-refractivity contribution in [1.82, 2.24) is 25.4 Å². The van der Waals surface area contributed by atoms with Crippen LogP contribution in [0, 0.1) is 11.6 Å². The van der Waals surface area contributed by atoms with Crippen LogP contribution in [0.2, 0.25) is 5.02 Å². The van der Waals surface area contributed by atoms with E-state index < -0.39 is 29.4 Å². The SMILES string of the molecule is CN(C(=O)NCc1cccc(F)c1Cl)[C@@](CCC=O)(COC(=O)Nc1cc2cc(F)ccc2cn1)N1CCNCC1. The predicted molar refractivity (Wildman–Crippen MR) is 151 cm³/mol. The van der Waals surface area contributed by atoms with Crippen LogP contribution in [0.1, 0.15) is 18.4 Å². The van der Waals surface area contributed by atoms with E-state index in [4.69, 9.17) is 16.3 Å². The minimum atomic E-state index is -1.18. The third-order valence-corrected chi connectivity index (χ3v) is 7.53. The molecule has 10 nitrogen and oxygen atoms in total. The molecule has 0 bridgehead atoms. The molecule has 3 N–H and O–H groups in total. The Morgan fingerprint density at radius 3 is 2.73 bits per heavy atom. The number of aldehydes is 1. The fourth-order valence-electron chi connectivity index (χ4n) is 4.83. The Kier molecular flexibility index (Phi) is 10.0. The number of likely N-dealkylation sites (N-methyl/N-ethyl adjacent to an activating group) is 1. The molecule has 13 heteroatoms. The second-order valence-corrected chi connectivity index (χ2v) is 10.00. The number of ether oxygens (including phenoxy) is 1. The summed E-state index contributed by atoms with van der Waals surface area (Å²) in [5.41, 5.74) is -0.789. The smallest absolute Gasteiger partial charge is 0.412 e. The predicted octanol–water partition coefficient (Wildman–Crippen LogP) is 4.14. The maximum atomic E-state index is 13.9. The molecule has 1 saturated heterocycles. The first-order valence-corrected chi connectivity index (χ1v) is 13.4. The highest BCUT2D eigenvalue weighted by molar-refractivity contribution is 6.31. The number of hydrogen-bond donors (Lipinski definition) is 3. The molecule has 1 aromatic heterocycles. The molecule has 0 saturated carbocycles. The summed E-state index contributed by atoms with van der Waals surface area (Å²) in [7, 11) is 1.55. The number of urea groups is 1. The van der Waals surface area contributed by atoms with Gasteiger partial charge in [-0.3, -0.25) is 10.2 Å². The Labute approximate surface area is 241 Å². The zero-order valence-electron chi connectivity index (χ0n) is 22.5. The molecule has 2 aromatic carbocycles. The van der Waals surface area contributed by atoms with Crippen molar-refractivity contribution in [2.24, 2.45) is 0 Å². The zero-order valence-corrected chi connectivity index (χ0v) is 23.2. The van der Waals surface area contributed by atoms with Crippen LogP contribution in [0.15, 0.2) is 48.7 Å². The second kappa shape index (κ2) is 13.7. The summed E-state index contributed by atoms with van der Waals surface area (Å²) in [6, 6.07) is 9.54. The third kappa shape index (κ3) is 7.26. The molecule has 1 aliphatic rings. The van der Waals surface area contributed by atoms with Crippen molar-refractivity contribution >= 4 is 46.6 Å². The average molecular weight is 589 g/mol. The van der Waals surface area contributed by atoms with Gasteiger partial charge in [0.05, 0.1) is 5.02 Å².